The van der Waals surface area contributed by atoms with Gasteiger partial charge in [-0.3, -0.25) is 4.79 Å². The lowest BCUT2D eigenvalue weighted by molar-refractivity contribution is -0.138. The van der Waals surface area contributed by atoms with Crippen LogP contribution in [-0.4, -0.2) is 27.9 Å². The molecule has 0 spiro atoms. The Labute approximate surface area is 140 Å². The van der Waals surface area contributed by atoms with Gasteiger partial charge in [-0.25, -0.2) is 4.79 Å². The Kier molecular flexibility index (Phi) is 4.28. The molecule has 1 aliphatic carbocycles. The minimum Gasteiger partial charge on any atom is -0.475 e. The van der Waals surface area contributed by atoms with E-state index in [0.717, 1.165) is 12.1 Å². The van der Waals surface area contributed by atoms with Gasteiger partial charge in [-0.1, -0.05) is 18.2 Å². The Balaban J connectivity index is 1.88. The summed E-state index contributed by atoms with van der Waals surface area (Å²) in [5, 5.41) is 8.86. The van der Waals surface area contributed by atoms with Gasteiger partial charge in [0.05, 0.1) is 5.56 Å². The van der Waals surface area contributed by atoms with Crippen LogP contribution in [0.4, 0.5) is 13.2 Å². The molecule has 0 radical (unpaired) electrons. The number of carbonyl (C=O) groups excluding carboxylic acids is 1. The number of rotatable bonds is 5. The molecule has 1 aromatic carbocycles. The van der Waals surface area contributed by atoms with E-state index in [9.17, 15) is 22.8 Å². The summed E-state index contributed by atoms with van der Waals surface area (Å²) in [6.45, 7) is -0.220. The van der Waals surface area contributed by atoms with Gasteiger partial charge in [-0.05, 0) is 36.6 Å². The number of aromatic carboxylic acids is 1. The summed E-state index contributed by atoms with van der Waals surface area (Å²) in [5.41, 5.74) is -0.806. The van der Waals surface area contributed by atoms with Crippen LogP contribution in [0.3, 0.4) is 0 Å². The Hall–Kier alpha value is -2.77. The van der Waals surface area contributed by atoms with Gasteiger partial charge in [0.2, 0.25) is 5.76 Å². The third-order valence-electron chi connectivity index (χ3n) is 3.94. The van der Waals surface area contributed by atoms with Crippen molar-refractivity contribution in [1.29, 1.82) is 0 Å². The van der Waals surface area contributed by atoms with Crippen molar-refractivity contribution in [1.82, 2.24) is 4.90 Å². The molecule has 1 heterocycles. The van der Waals surface area contributed by atoms with Crippen molar-refractivity contribution in [2.45, 2.75) is 31.6 Å². The zero-order valence-electron chi connectivity index (χ0n) is 12.9. The van der Waals surface area contributed by atoms with Crippen molar-refractivity contribution in [3.8, 4) is 0 Å². The number of alkyl halides is 3. The molecule has 8 heteroatoms. The molecule has 0 aliphatic heterocycles. The minimum absolute atomic E-state index is 0.0136. The molecule has 132 valence electrons. The second kappa shape index (κ2) is 6.27. The number of halogens is 3. The predicted molar refractivity (Wildman–Crippen MR) is 80.0 cm³/mol. The van der Waals surface area contributed by atoms with Gasteiger partial charge in [0.1, 0.15) is 0 Å². The average molecular weight is 353 g/mol. The molecular weight excluding hydrogens is 339 g/mol. The first-order valence-corrected chi connectivity index (χ1v) is 7.56. The average Bonchev–Trinajstić information content (AvgIpc) is 3.26. The Morgan fingerprint density at radius 2 is 1.76 bits per heavy atom. The normalized spacial score (nSPS) is 14.4. The van der Waals surface area contributed by atoms with Crippen LogP contribution >= 0.6 is 0 Å². The number of furan rings is 1. The van der Waals surface area contributed by atoms with E-state index in [2.05, 4.69) is 0 Å². The zero-order chi connectivity index (χ0) is 18.2. The van der Waals surface area contributed by atoms with E-state index in [4.69, 9.17) is 9.52 Å². The molecular formula is C17H14F3NO4. The molecule has 2 aromatic rings. The molecule has 1 saturated carbocycles. The fraction of sp³-hybridized carbons (Fsp3) is 0.294. The molecule has 0 atom stereocenters. The summed E-state index contributed by atoms with van der Waals surface area (Å²) in [6, 6.07) is 7.27. The number of benzene rings is 1. The van der Waals surface area contributed by atoms with E-state index >= 15 is 0 Å². The third kappa shape index (κ3) is 3.67. The minimum atomic E-state index is -4.52. The van der Waals surface area contributed by atoms with E-state index in [1.54, 1.807) is 0 Å². The topological polar surface area (TPSA) is 70.8 Å². The SMILES string of the molecule is O=C(O)c1ccc(C(=O)N(Cc2ccccc2C(F)(F)F)C2CC2)o1. The van der Waals surface area contributed by atoms with Gasteiger partial charge >= 0.3 is 12.1 Å². The standard InChI is InChI=1S/C17H14F3NO4/c18-17(19,20)12-4-2-1-3-10(12)9-21(11-5-6-11)15(22)13-7-8-14(25-13)16(23)24/h1-4,7-8,11H,5-6,9H2,(H,23,24). The summed E-state index contributed by atoms with van der Waals surface area (Å²) >= 11 is 0. The highest BCUT2D eigenvalue weighted by atomic mass is 19.4. The van der Waals surface area contributed by atoms with Gasteiger partial charge in [0.15, 0.2) is 5.76 Å². The fourth-order valence-corrected chi connectivity index (χ4v) is 2.58. The number of nitrogens with zero attached hydrogens (tertiary/aromatic N) is 1. The van der Waals surface area contributed by atoms with Gasteiger partial charge in [0, 0.05) is 12.6 Å². The summed E-state index contributed by atoms with van der Waals surface area (Å²) < 4.78 is 44.4. The first-order chi connectivity index (χ1) is 11.8. The van der Waals surface area contributed by atoms with E-state index < -0.39 is 29.4 Å². The van der Waals surface area contributed by atoms with E-state index in [-0.39, 0.29) is 23.9 Å². The first kappa shape index (κ1) is 17.1. The fourth-order valence-electron chi connectivity index (χ4n) is 2.58. The summed E-state index contributed by atoms with van der Waals surface area (Å²) in [6.07, 6.45) is -3.14. The maximum atomic E-state index is 13.1. The van der Waals surface area contributed by atoms with Crippen LogP contribution in [0.1, 0.15) is 45.1 Å². The molecule has 1 N–H and O–H groups in total. The summed E-state index contributed by atoms with van der Waals surface area (Å²) in [4.78, 5) is 24.7. The number of amides is 1. The summed E-state index contributed by atoms with van der Waals surface area (Å²) in [7, 11) is 0. The van der Waals surface area contributed by atoms with E-state index in [1.807, 2.05) is 0 Å². The van der Waals surface area contributed by atoms with Gasteiger partial charge in [-0.15, -0.1) is 0 Å². The van der Waals surface area contributed by atoms with Crippen LogP contribution < -0.4 is 0 Å². The molecule has 0 unspecified atom stereocenters. The molecule has 0 bridgehead atoms. The molecule has 25 heavy (non-hydrogen) atoms. The lowest BCUT2D eigenvalue weighted by Gasteiger charge is -2.23. The van der Waals surface area contributed by atoms with Crippen LogP contribution in [0.15, 0.2) is 40.8 Å². The largest absolute Gasteiger partial charge is 0.475 e. The number of carboxylic acid groups (broad SMARTS) is 1. The van der Waals surface area contributed by atoms with Crippen molar-refractivity contribution < 1.29 is 32.3 Å². The Bertz CT molecular complexity index is 808. The number of carbonyl (C=O) groups is 2. The van der Waals surface area contributed by atoms with Crippen LogP contribution in [0.2, 0.25) is 0 Å². The van der Waals surface area contributed by atoms with Crippen LogP contribution in [-0.2, 0) is 12.7 Å². The van der Waals surface area contributed by atoms with Crippen LogP contribution in [0.5, 0.6) is 0 Å². The number of hydrogen-bond donors (Lipinski definition) is 1. The highest BCUT2D eigenvalue weighted by Gasteiger charge is 2.38. The van der Waals surface area contributed by atoms with Crippen LogP contribution in [0, 0.1) is 0 Å². The summed E-state index contributed by atoms with van der Waals surface area (Å²) in [5.74, 6) is -2.53. The Morgan fingerprint density at radius 3 is 2.32 bits per heavy atom. The second-order valence-corrected chi connectivity index (χ2v) is 5.79. The van der Waals surface area contributed by atoms with Gasteiger partial charge in [0.25, 0.3) is 5.91 Å². The highest BCUT2D eigenvalue weighted by molar-refractivity contribution is 5.93. The van der Waals surface area contributed by atoms with Crippen molar-refractivity contribution in [2.24, 2.45) is 0 Å². The zero-order valence-corrected chi connectivity index (χ0v) is 12.9. The molecule has 5 nitrogen and oxygen atoms in total. The maximum Gasteiger partial charge on any atom is 0.416 e. The molecule has 0 saturated heterocycles. The van der Waals surface area contributed by atoms with Crippen molar-refractivity contribution in [3.63, 3.8) is 0 Å². The molecule has 1 amide bonds. The predicted octanol–water partition coefficient (Wildman–Crippen LogP) is 3.80. The van der Waals surface area contributed by atoms with Gasteiger partial charge < -0.3 is 14.4 Å². The molecule has 1 fully saturated rings. The monoisotopic (exact) mass is 353 g/mol. The lowest BCUT2D eigenvalue weighted by atomic mass is 10.1. The number of hydrogen-bond acceptors (Lipinski definition) is 3. The quantitative estimate of drug-likeness (QED) is 0.888. The first-order valence-electron chi connectivity index (χ1n) is 7.56. The van der Waals surface area contributed by atoms with Crippen LogP contribution in [0.25, 0.3) is 0 Å². The highest BCUT2D eigenvalue weighted by Crippen LogP contribution is 2.35. The molecule has 1 aromatic heterocycles. The van der Waals surface area contributed by atoms with Crippen molar-refractivity contribution >= 4 is 11.9 Å². The maximum absolute atomic E-state index is 13.1. The Morgan fingerprint density at radius 1 is 1.12 bits per heavy atom. The smallest absolute Gasteiger partial charge is 0.416 e. The molecule has 3 rings (SSSR count). The lowest BCUT2D eigenvalue weighted by Crippen LogP contribution is -2.33. The molecule has 1 aliphatic rings. The second-order valence-electron chi connectivity index (χ2n) is 5.79. The van der Waals surface area contributed by atoms with E-state index in [0.29, 0.717) is 12.8 Å². The van der Waals surface area contributed by atoms with Crippen molar-refractivity contribution in [2.75, 3.05) is 0 Å². The third-order valence-corrected chi connectivity index (χ3v) is 3.94. The van der Waals surface area contributed by atoms with E-state index in [1.165, 1.54) is 29.2 Å². The number of carboxylic acids is 1. The van der Waals surface area contributed by atoms with Crippen molar-refractivity contribution in [3.05, 3.63) is 59.0 Å². The van der Waals surface area contributed by atoms with Gasteiger partial charge in [-0.2, -0.15) is 13.2 Å².